The molecule has 2 amide bonds. The molecule has 1 N–H and O–H groups in total. The Kier molecular flexibility index (Phi) is 7.02. The van der Waals surface area contributed by atoms with Crippen LogP contribution in [0.2, 0.25) is 0 Å². The Morgan fingerprint density at radius 2 is 1.86 bits per heavy atom. The third kappa shape index (κ3) is 6.04. The lowest BCUT2D eigenvalue weighted by atomic mass is 10.2. The predicted octanol–water partition coefficient (Wildman–Crippen LogP) is 2.81. The molecule has 0 heterocycles. The number of unbranched alkanes of at least 4 members (excludes halogenated alkanes) is 1. The molecule has 0 aromatic heterocycles. The maximum atomic E-state index is 12.2. The summed E-state index contributed by atoms with van der Waals surface area (Å²) in [5.74, 6) is 0.676. The van der Waals surface area contributed by atoms with E-state index in [0.29, 0.717) is 11.4 Å². The van der Waals surface area contributed by atoms with Crippen molar-refractivity contribution >= 4 is 11.7 Å². The van der Waals surface area contributed by atoms with E-state index >= 15 is 0 Å². The first-order valence-electron chi connectivity index (χ1n) is 7.25. The van der Waals surface area contributed by atoms with E-state index in [1.54, 1.807) is 12.0 Å². The van der Waals surface area contributed by atoms with Crippen LogP contribution in [0.5, 0.6) is 5.75 Å². The van der Waals surface area contributed by atoms with E-state index in [1.165, 1.54) is 0 Å². The predicted molar refractivity (Wildman–Crippen MR) is 87.2 cm³/mol. The van der Waals surface area contributed by atoms with Crippen LogP contribution in [-0.2, 0) is 0 Å². The number of urea groups is 1. The minimum Gasteiger partial charge on any atom is -0.495 e. The van der Waals surface area contributed by atoms with Crippen LogP contribution >= 0.6 is 0 Å². The maximum Gasteiger partial charge on any atom is 0.321 e. The lowest BCUT2D eigenvalue weighted by Crippen LogP contribution is -2.32. The topological polar surface area (TPSA) is 44.8 Å². The highest BCUT2D eigenvalue weighted by Crippen LogP contribution is 2.25. The normalized spacial score (nSPS) is 10.6. The summed E-state index contributed by atoms with van der Waals surface area (Å²) in [5.41, 5.74) is 1.79. The molecule has 21 heavy (non-hydrogen) atoms. The van der Waals surface area contributed by atoms with Gasteiger partial charge in [0.1, 0.15) is 5.75 Å². The van der Waals surface area contributed by atoms with Crippen LogP contribution in [-0.4, -0.2) is 57.2 Å². The standard InChI is InChI=1S/C16H27N3O2/c1-13-8-9-15(21-5)14(12-13)17-16(20)19(4)11-7-6-10-18(2)3/h8-9,12H,6-7,10-11H2,1-5H3,(H,17,20). The minimum absolute atomic E-state index is 0.108. The summed E-state index contributed by atoms with van der Waals surface area (Å²) in [6.45, 7) is 3.77. The average Bonchev–Trinajstić information content (AvgIpc) is 2.43. The van der Waals surface area contributed by atoms with Gasteiger partial charge >= 0.3 is 6.03 Å². The Labute approximate surface area is 127 Å². The highest BCUT2D eigenvalue weighted by molar-refractivity contribution is 5.90. The van der Waals surface area contributed by atoms with Gasteiger partial charge in [-0.15, -0.1) is 0 Å². The van der Waals surface area contributed by atoms with Gasteiger partial charge in [0.2, 0.25) is 0 Å². The third-order valence-corrected chi connectivity index (χ3v) is 3.29. The molecule has 0 saturated heterocycles. The number of amides is 2. The van der Waals surface area contributed by atoms with Gasteiger partial charge in [0.05, 0.1) is 12.8 Å². The number of carbonyl (C=O) groups is 1. The molecule has 0 aliphatic carbocycles. The fourth-order valence-electron chi connectivity index (χ4n) is 2.01. The molecular weight excluding hydrogens is 266 g/mol. The molecule has 0 atom stereocenters. The Bertz CT molecular complexity index is 461. The van der Waals surface area contributed by atoms with Gasteiger partial charge in [-0.25, -0.2) is 4.79 Å². The quantitative estimate of drug-likeness (QED) is 0.786. The van der Waals surface area contributed by atoms with Crippen molar-refractivity contribution in [1.29, 1.82) is 0 Å². The zero-order valence-electron chi connectivity index (χ0n) is 13.8. The highest BCUT2D eigenvalue weighted by atomic mass is 16.5. The Morgan fingerprint density at radius 3 is 2.48 bits per heavy atom. The van der Waals surface area contributed by atoms with E-state index in [4.69, 9.17) is 4.74 Å². The average molecular weight is 293 g/mol. The van der Waals surface area contributed by atoms with E-state index in [9.17, 15) is 4.79 Å². The number of nitrogens with zero attached hydrogens (tertiary/aromatic N) is 2. The van der Waals surface area contributed by atoms with Crippen LogP contribution in [0, 0.1) is 6.92 Å². The molecule has 0 saturated carbocycles. The molecule has 118 valence electrons. The van der Waals surface area contributed by atoms with Crippen LogP contribution in [0.25, 0.3) is 0 Å². The zero-order chi connectivity index (χ0) is 15.8. The van der Waals surface area contributed by atoms with Crippen molar-refractivity contribution in [2.24, 2.45) is 0 Å². The monoisotopic (exact) mass is 293 g/mol. The van der Waals surface area contributed by atoms with Crippen molar-refractivity contribution < 1.29 is 9.53 Å². The van der Waals surface area contributed by atoms with Crippen LogP contribution in [0.3, 0.4) is 0 Å². The number of benzene rings is 1. The lowest BCUT2D eigenvalue weighted by Gasteiger charge is -2.19. The van der Waals surface area contributed by atoms with Gasteiger partial charge in [0.15, 0.2) is 0 Å². The number of hydrogen-bond donors (Lipinski definition) is 1. The molecule has 1 aromatic carbocycles. The van der Waals surface area contributed by atoms with Crippen molar-refractivity contribution in [3.05, 3.63) is 23.8 Å². The van der Waals surface area contributed by atoms with Gasteiger partial charge in [0, 0.05) is 13.6 Å². The third-order valence-electron chi connectivity index (χ3n) is 3.29. The first kappa shape index (κ1) is 17.3. The van der Waals surface area contributed by atoms with Crippen molar-refractivity contribution in [2.75, 3.05) is 46.7 Å². The number of hydrogen-bond acceptors (Lipinski definition) is 3. The molecule has 0 spiro atoms. The van der Waals surface area contributed by atoms with Crippen LogP contribution < -0.4 is 10.1 Å². The summed E-state index contributed by atoms with van der Waals surface area (Å²) in [5, 5.41) is 2.90. The molecule has 5 nitrogen and oxygen atoms in total. The molecule has 0 fully saturated rings. The molecule has 0 unspecified atom stereocenters. The number of ether oxygens (including phenoxy) is 1. The van der Waals surface area contributed by atoms with E-state index in [2.05, 4.69) is 24.3 Å². The molecule has 0 radical (unpaired) electrons. The Balaban J connectivity index is 2.50. The highest BCUT2D eigenvalue weighted by Gasteiger charge is 2.11. The number of rotatable bonds is 7. The lowest BCUT2D eigenvalue weighted by molar-refractivity contribution is 0.221. The molecule has 5 heteroatoms. The number of carbonyl (C=O) groups excluding carboxylic acids is 1. The van der Waals surface area contributed by atoms with E-state index < -0.39 is 0 Å². The summed E-state index contributed by atoms with van der Waals surface area (Å²) >= 11 is 0. The number of anilines is 1. The van der Waals surface area contributed by atoms with Crippen LogP contribution in [0.15, 0.2) is 18.2 Å². The second-order valence-corrected chi connectivity index (χ2v) is 5.57. The molecule has 0 aliphatic heterocycles. The maximum absolute atomic E-state index is 12.2. The molecule has 1 aromatic rings. The fraction of sp³-hybridized carbons (Fsp3) is 0.562. The van der Waals surface area contributed by atoms with Gasteiger partial charge in [0.25, 0.3) is 0 Å². The van der Waals surface area contributed by atoms with E-state index in [0.717, 1.165) is 31.5 Å². The largest absolute Gasteiger partial charge is 0.495 e. The van der Waals surface area contributed by atoms with E-state index in [1.807, 2.05) is 32.2 Å². The Morgan fingerprint density at radius 1 is 1.19 bits per heavy atom. The number of aryl methyl sites for hydroxylation is 1. The SMILES string of the molecule is COc1ccc(C)cc1NC(=O)N(C)CCCCN(C)C. The van der Waals surface area contributed by atoms with Gasteiger partial charge in [-0.1, -0.05) is 6.07 Å². The summed E-state index contributed by atoms with van der Waals surface area (Å²) in [6.07, 6.45) is 2.07. The first-order chi connectivity index (χ1) is 9.93. The molecule has 1 rings (SSSR count). The molecule has 0 bridgehead atoms. The summed E-state index contributed by atoms with van der Waals surface area (Å²) in [4.78, 5) is 16.0. The molecular formula is C16H27N3O2. The Hall–Kier alpha value is -1.75. The zero-order valence-corrected chi connectivity index (χ0v) is 13.8. The van der Waals surface area contributed by atoms with Gasteiger partial charge in [-0.2, -0.15) is 0 Å². The second-order valence-electron chi connectivity index (χ2n) is 5.57. The smallest absolute Gasteiger partial charge is 0.321 e. The van der Waals surface area contributed by atoms with Gasteiger partial charge in [-0.05, 0) is 58.1 Å². The molecule has 0 aliphatic rings. The van der Waals surface area contributed by atoms with Crippen molar-refractivity contribution in [2.45, 2.75) is 19.8 Å². The van der Waals surface area contributed by atoms with Gasteiger partial charge in [-0.3, -0.25) is 0 Å². The van der Waals surface area contributed by atoms with Crippen molar-refractivity contribution in [3.8, 4) is 5.75 Å². The van der Waals surface area contributed by atoms with Gasteiger partial charge < -0.3 is 19.9 Å². The van der Waals surface area contributed by atoms with Crippen LogP contribution in [0.4, 0.5) is 10.5 Å². The fourth-order valence-corrected chi connectivity index (χ4v) is 2.01. The second kappa shape index (κ2) is 8.52. The van der Waals surface area contributed by atoms with E-state index in [-0.39, 0.29) is 6.03 Å². The minimum atomic E-state index is -0.108. The summed E-state index contributed by atoms with van der Waals surface area (Å²) < 4.78 is 5.27. The van der Waals surface area contributed by atoms with Crippen molar-refractivity contribution in [1.82, 2.24) is 9.80 Å². The first-order valence-corrected chi connectivity index (χ1v) is 7.25. The van der Waals surface area contributed by atoms with Crippen LogP contribution in [0.1, 0.15) is 18.4 Å². The van der Waals surface area contributed by atoms with Crippen molar-refractivity contribution in [3.63, 3.8) is 0 Å². The number of methoxy groups -OCH3 is 1. The summed E-state index contributed by atoms with van der Waals surface area (Å²) in [6, 6.07) is 5.63. The summed E-state index contributed by atoms with van der Waals surface area (Å²) in [7, 11) is 7.53. The number of nitrogens with one attached hydrogen (secondary N) is 1.